The first-order chi connectivity index (χ1) is 7.10. The summed E-state index contributed by atoms with van der Waals surface area (Å²) < 4.78 is 23.9. The zero-order valence-electron chi connectivity index (χ0n) is 8.26. The summed E-state index contributed by atoms with van der Waals surface area (Å²) in [7, 11) is -3.35. The fourth-order valence-corrected chi connectivity index (χ4v) is 3.14. The van der Waals surface area contributed by atoms with Crippen molar-refractivity contribution in [1.29, 1.82) is 0 Å². The molecule has 1 atom stereocenters. The van der Waals surface area contributed by atoms with Crippen molar-refractivity contribution in [1.82, 2.24) is 15.5 Å². The lowest BCUT2D eigenvalue weighted by atomic mass is 10.4. The van der Waals surface area contributed by atoms with E-state index in [2.05, 4.69) is 15.5 Å². The average Bonchev–Trinajstić information content (AvgIpc) is 2.71. The molecule has 0 saturated carbocycles. The van der Waals surface area contributed by atoms with Crippen LogP contribution in [-0.4, -0.2) is 37.0 Å². The SMILES string of the molecule is Cl.O=S(=O)(c1ccc(Cl)nn1)[C@H]1CCNC1. The second kappa shape index (κ2) is 5.27. The van der Waals surface area contributed by atoms with Gasteiger partial charge in [0.1, 0.15) is 0 Å². The molecule has 1 aliphatic rings. The molecule has 0 aliphatic carbocycles. The van der Waals surface area contributed by atoms with Crippen LogP contribution in [0.3, 0.4) is 0 Å². The van der Waals surface area contributed by atoms with Crippen molar-refractivity contribution in [3.63, 3.8) is 0 Å². The van der Waals surface area contributed by atoms with Crippen molar-refractivity contribution in [3.05, 3.63) is 17.3 Å². The molecule has 8 heteroatoms. The summed E-state index contributed by atoms with van der Waals surface area (Å²) in [5, 5.41) is 9.93. The third-order valence-corrected chi connectivity index (χ3v) is 4.64. The molecule has 90 valence electrons. The first-order valence-electron chi connectivity index (χ1n) is 4.54. The molecular formula is C8H11Cl2N3O2S. The Balaban J connectivity index is 0.00000128. The number of nitrogens with zero attached hydrogens (tertiary/aromatic N) is 2. The van der Waals surface area contributed by atoms with Gasteiger partial charge in [0.2, 0.25) is 9.84 Å². The van der Waals surface area contributed by atoms with Crippen LogP contribution in [0.5, 0.6) is 0 Å². The van der Waals surface area contributed by atoms with Crippen molar-refractivity contribution < 1.29 is 8.42 Å². The molecule has 2 rings (SSSR count). The Morgan fingerprint density at radius 3 is 2.62 bits per heavy atom. The second-order valence-electron chi connectivity index (χ2n) is 3.35. The van der Waals surface area contributed by atoms with Crippen molar-refractivity contribution in [2.45, 2.75) is 16.7 Å². The van der Waals surface area contributed by atoms with E-state index in [0.717, 1.165) is 6.54 Å². The lowest BCUT2D eigenvalue weighted by Gasteiger charge is -2.08. The zero-order valence-corrected chi connectivity index (χ0v) is 10.6. The van der Waals surface area contributed by atoms with Crippen LogP contribution in [0.15, 0.2) is 17.2 Å². The van der Waals surface area contributed by atoms with Gasteiger partial charge in [0, 0.05) is 6.54 Å². The summed E-state index contributed by atoms with van der Waals surface area (Å²) in [6.45, 7) is 1.21. The van der Waals surface area contributed by atoms with Crippen LogP contribution in [0.1, 0.15) is 6.42 Å². The molecule has 0 aromatic carbocycles. The molecule has 1 aliphatic heterocycles. The highest BCUT2D eigenvalue weighted by atomic mass is 35.5. The minimum absolute atomic E-state index is 0. The fraction of sp³-hybridized carbons (Fsp3) is 0.500. The zero-order chi connectivity index (χ0) is 10.9. The highest BCUT2D eigenvalue weighted by molar-refractivity contribution is 7.92. The molecule has 2 heterocycles. The number of sulfone groups is 1. The molecule has 0 bridgehead atoms. The van der Waals surface area contributed by atoms with Gasteiger partial charge in [-0.05, 0) is 25.1 Å². The number of hydrogen-bond acceptors (Lipinski definition) is 5. The van der Waals surface area contributed by atoms with Gasteiger partial charge in [-0.15, -0.1) is 22.6 Å². The highest BCUT2D eigenvalue weighted by Gasteiger charge is 2.31. The molecule has 1 saturated heterocycles. The minimum Gasteiger partial charge on any atom is -0.315 e. The third-order valence-electron chi connectivity index (χ3n) is 2.35. The second-order valence-corrected chi connectivity index (χ2v) is 5.92. The lowest BCUT2D eigenvalue weighted by molar-refractivity contribution is 0.577. The van der Waals surface area contributed by atoms with E-state index in [1.807, 2.05) is 0 Å². The molecule has 1 N–H and O–H groups in total. The maximum Gasteiger partial charge on any atom is 0.201 e. The van der Waals surface area contributed by atoms with E-state index in [0.29, 0.717) is 13.0 Å². The molecule has 0 amide bonds. The van der Waals surface area contributed by atoms with E-state index in [1.54, 1.807) is 0 Å². The first kappa shape index (κ1) is 13.6. The van der Waals surface area contributed by atoms with Gasteiger partial charge in [-0.1, -0.05) is 11.6 Å². The average molecular weight is 284 g/mol. The van der Waals surface area contributed by atoms with E-state index in [4.69, 9.17) is 11.6 Å². The number of halogens is 2. The van der Waals surface area contributed by atoms with Gasteiger partial charge in [0.25, 0.3) is 0 Å². The van der Waals surface area contributed by atoms with Gasteiger partial charge in [-0.3, -0.25) is 0 Å². The third kappa shape index (κ3) is 2.63. The molecule has 1 aromatic heterocycles. The van der Waals surface area contributed by atoms with Crippen molar-refractivity contribution in [2.24, 2.45) is 0 Å². The molecule has 5 nitrogen and oxygen atoms in total. The van der Waals surface area contributed by atoms with Crippen molar-refractivity contribution >= 4 is 33.8 Å². The van der Waals surface area contributed by atoms with Crippen LogP contribution < -0.4 is 5.32 Å². The highest BCUT2D eigenvalue weighted by Crippen LogP contribution is 2.18. The summed E-state index contributed by atoms with van der Waals surface area (Å²) in [4.78, 5) is 0. The normalized spacial score (nSPS) is 20.4. The summed E-state index contributed by atoms with van der Waals surface area (Å²) in [6, 6.07) is 2.83. The van der Waals surface area contributed by atoms with Crippen LogP contribution in [0, 0.1) is 0 Å². The minimum atomic E-state index is -3.35. The lowest BCUT2D eigenvalue weighted by Crippen LogP contribution is -2.24. The largest absolute Gasteiger partial charge is 0.315 e. The van der Waals surface area contributed by atoms with E-state index in [9.17, 15) is 8.42 Å². The Labute approximate surface area is 105 Å². The number of aromatic nitrogens is 2. The van der Waals surface area contributed by atoms with Crippen LogP contribution in [0.2, 0.25) is 5.15 Å². The number of nitrogens with one attached hydrogen (secondary N) is 1. The van der Waals surface area contributed by atoms with Crippen molar-refractivity contribution in [2.75, 3.05) is 13.1 Å². The van der Waals surface area contributed by atoms with E-state index in [1.165, 1.54) is 12.1 Å². The number of rotatable bonds is 2. The summed E-state index contributed by atoms with van der Waals surface area (Å²) in [6.07, 6.45) is 0.618. The molecular weight excluding hydrogens is 273 g/mol. The fourth-order valence-electron chi connectivity index (χ4n) is 1.52. The molecule has 1 fully saturated rings. The Morgan fingerprint density at radius 2 is 2.12 bits per heavy atom. The molecule has 0 radical (unpaired) electrons. The van der Waals surface area contributed by atoms with Gasteiger partial charge >= 0.3 is 0 Å². The molecule has 16 heavy (non-hydrogen) atoms. The standard InChI is InChI=1S/C8H10ClN3O2S.ClH/c9-7-1-2-8(12-11-7)15(13,14)6-3-4-10-5-6;/h1-2,6,10H,3-5H2;1H/t6-;/m0./s1. The van der Waals surface area contributed by atoms with Gasteiger partial charge in [0.15, 0.2) is 10.2 Å². The van der Waals surface area contributed by atoms with Gasteiger partial charge in [-0.2, -0.15) is 0 Å². The summed E-state index contributed by atoms with van der Waals surface area (Å²) in [5.74, 6) is 0. The first-order valence-corrected chi connectivity index (χ1v) is 6.47. The van der Waals surface area contributed by atoms with Crippen molar-refractivity contribution in [3.8, 4) is 0 Å². The van der Waals surface area contributed by atoms with Crippen LogP contribution in [-0.2, 0) is 9.84 Å². The predicted molar refractivity (Wildman–Crippen MR) is 62.8 cm³/mol. The monoisotopic (exact) mass is 283 g/mol. The smallest absolute Gasteiger partial charge is 0.201 e. The maximum absolute atomic E-state index is 12.0. The molecule has 1 aromatic rings. The van der Waals surface area contributed by atoms with Gasteiger partial charge in [-0.25, -0.2) is 8.42 Å². The van der Waals surface area contributed by atoms with Crippen LogP contribution >= 0.6 is 24.0 Å². The Morgan fingerprint density at radius 1 is 1.38 bits per heavy atom. The Hall–Kier alpha value is -0.430. The van der Waals surface area contributed by atoms with Gasteiger partial charge < -0.3 is 5.32 Å². The van der Waals surface area contributed by atoms with Gasteiger partial charge in [0.05, 0.1) is 5.25 Å². The summed E-state index contributed by atoms with van der Waals surface area (Å²) in [5.41, 5.74) is 0. The topological polar surface area (TPSA) is 72.0 Å². The Bertz CT molecular complexity index is 443. The van der Waals surface area contributed by atoms with E-state index >= 15 is 0 Å². The quantitative estimate of drug-likeness (QED) is 0.865. The van der Waals surface area contributed by atoms with E-state index < -0.39 is 15.1 Å². The van der Waals surface area contributed by atoms with Crippen LogP contribution in [0.4, 0.5) is 0 Å². The predicted octanol–water partition coefficient (Wildman–Crippen LogP) is 0.687. The van der Waals surface area contributed by atoms with E-state index in [-0.39, 0.29) is 22.6 Å². The molecule has 0 unspecified atom stereocenters. The maximum atomic E-state index is 12.0. The number of hydrogen-bond donors (Lipinski definition) is 1. The van der Waals surface area contributed by atoms with Crippen LogP contribution in [0.25, 0.3) is 0 Å². The molecule has 0 spiro atoms. The summed E-state index contributed by atoms with van der Waals surface area (Å²) >= 11 is 5.54. The Kier molecular flexibility index (Phi) is 4.49.